The number of hydrogen-bond acceptors (Lipinski definition) is 7. The first kappa shape index (κ1) is 28.0. The number of amides is 4. The molecule has 0 atom stereocenters. The van der Waals surface area contributed by atoms with E-state index in [9.17, 15) is 14.4 Å². The number of hydrogen-bond donors (Lipinski definition) is 1. The van der Waals surface area contributed by atoms with Crippen molar-refractivity contribution in [3.05, 3.63) is 81.3 Å². The van der Waals surface area contributed by atoms with Crippen LogP contribution in [0, 0.1) is 0 Å². The predicted molar refractivity (Wildman–Crippen MR) is 150 cm³/mol. The van der Waals surface area contributed by atoms with Crippen LogP contribution in [0.25, 0.3) is 6.08 Å². The van der Waals surface area contributed by atoms with E-state index in [0.29, 0.717) is 38.9 Å². The molecule has 0 radical (unpaired) electrons. The summed E-state index contributed by atoms with van der Waals surface area (Å²) in [6.45, 7) is 2.68. The lowest BCUT2D eigenvalue weighted by Crippen LogP contribution is -2.54. The minimum Gasteiger partial charge on any atom is -0.497 e. The van der Waals surface area contributed by atoms with Crippen molar-refractivity contribution in [3.63, 3.8) is 0 Å². The van der Waals surface area contributed by atoms with Gasteiger partial charge in [-0.05, 0) is 95.2 Å². The number of halogens is 2. The lowest BCUT2D eigenvalue weighted by molar-refractivity contribution is -0.122. The molecule has 1 aliphatic heterocycles. The molecule has 9 nitrogen and oxygen atoms in total. The van der Waals surface area contributed by atoms with Gasteiger partial charge in [-0.15, -0.1) is 0 Å². The van der Waals surface area contributed by atoms with Gasteiger partial charge in [0.25, 0.3) is 11.8 Å². The van der Waals surface area contributed by atoms with Gasteiger partial charge in [0.1, 0.15) is 30.3 Å². The predicted octanol–water partition coefficient (Wildman–Crippen LogP) is 5.63. The maximum atomic E-state index is 13.2. The molecule has 3 aromatic carbocycles. The average molecular weight is 616 g/mol. The summed E-state index contributed by atoms with van der Waals surface area (Å²) in [7, 11) is 1.60. The van der Waals surface area contributed by atoms with E-state index >= 15 is 0 Å². The molecule has 0 aromatic heterocycles. The molecule has 1 heterocycles. The van der Waals surface area contributed by atoms with E-state index in [0.717, 1.165) is 10.6 Å². The Morgan fingerprint density at radius 3 is 2.26 bits per heavy atom. The van der Waals surface area contributed by atoms with Crippen LogP contribution < -0.4 is 29.2 Å². The van der Waals surface area contributed by atoms with Crippen molar-refractivity contribution >= 4 is 57.1 Å². The minimum atomic E-state index is -0.846. The molecule has 0 bridgehead atoms. The van der Waals surface area contributed by atoms with Crippen molar-refractivity contribution in [1.29, 1.82) is 0 Å². The van der Waals surface area contributed by atoms with E-state index in [2.05, 4.69) is 21.2 Å². The zero-order valence-corrected chi connectivity index (χ0v) is 23.4. The molecule has 4 rings (SSSR count). The van der Waals surface area contributed by atoms with Crippen LogP contribution in [0.5, 0.6) is 23.0 Å². The number of carbonyl (C=O) groups excluding carboxylic acids is 3. The van der Waals surface area contributed by atoms with Crippen molar-refractivity contribution in [3.8, 4) is 23.0 Å². The second-order valence-electron chi connectivity index (χ2n) is 8.07. The number of urea groups is 1. The Balaban J connectivity index is 1.52. The van der Waals surface area contributed by atoms with Crippen LogP contribution in [0.4, 0.5) is 10.5 Å². The third-order valence-electron chi connectivity index (χ3n) is 5.49. The fourth-order valence-corrected chi connectivity index (χ4v) is 4.40. The number of anilines is 1. The summed E-state index contributed by atoms with van der Waals surface area (Å²) in [5.41, 5.74) is 0.536. The van der Waals surface area contributed by atoms with Gasteiger partial charge in [-0.25, -0.2) is 9.69 Å². The molecule has 1 aliphatic rings. The number of nitrogens with zero attached hydrogens (tertiary/aromatic N) is 1. The zero-order valence-electron chi connectivity index (χ0n) is 21.0. The van der Waals surface area contributed by atoms with Crippen LogP contribution in [-0.2, 0) is 9.59 Å². The molecule has 4 amide bonds. The van der Waals surface area contributed by atoms with Gasteiger partial charge in [-0.2, -0.15) is 0 Å². The van der Waals surface area contributed by atoms with Gasteiger partial charge in [0.15, 0.2) is 11.5 Å². The average Bonchev–Trinajstić information content (AvgIpc) is 2.91. The number of imide groups is 2. The molecular weight excluding hydrogens is 592 g/mol. The van der Waals surface area contributed by atoms with E-state index in [1.165, 1.54) is 18.2 Å². The first-order valence-corrected chi connectivity index (χ1v) is 13.0. The standard InChI is InChI=1S/C28H24BrClN2O7/c1-3-37-24-16-17(15-23(29)25(24)39-13-12-38-21-10-8-20(36-2)9-11-21)14-22-26(33)31-28(35)32(27(22)34)19-6-4-18(30)5-7-19/h4-11,14-16H,3,12-13H2,1-2H3,(H,31,33,35). The van der Waals surface area contributed by atoms with E-state index in [1.54, 1.807) is 55.6 Å². The van der Waals surface area contributed by atoms with Crippen molar-refractivity contribution in [2.75, 3.05) is 31.8 Å². The molecule has 0 aliphatic carbocycles. The molecule has 39 heavy (non-hydrogen) atoms. The zero-order chi connectivity index (χ0) is 27.9. The van der Waals surface area contributed by atoms with Crippen LogP contribution in [0.3, 0.4) is 0 Å². The smallest absolute Gasteiger partial charge is 0.335 e. The molecule has 1 fully saturated rings. The number of nitrogens with one attached hydrogen (secondary N) is 1. The topological polar surface area (TPSA) is 103 Å². The largest absolute Gasteiger partial charge is 0.497 e. The van der Waals surface area contributed by atoms with Gasteiger partial charge in [-0.1, -0.05) is 11.6 Å². The van der Waals surface area contributed by atoms with Crippen molar-refractivity contribution in [2.45, 2.75) is 6.92 Å². The monoisotopic (exact) mass is 614 g/mol. The van der Waals surface area contributed by atoms with Crippen molar-refractivity contribution in [1.82, 2.24) is 5.32 Å². The summed E-state index contributed by atoms with van der Waals surface area (Å²) >= 11 is 9.41. The third-order valence-corrected chi connectivity index (χ3v) is 6.33. The molecule has 0 spiro atoms. The first-order chi connectivity index (χ1) is 18.8. The van der Waals surface area contributed by atoms with Crippen LogP contribution in [0.2, 0.25) is 5.02 Å². The first-order valence-electron chi connectivity index (χ1n) is 11.8. The fourth-order valence-electron chi connectivity index (χ4n) is 3.70. The molecule has 1 N–H and O–H groups in total. The maximum Gasteiger partial charge on any atom is 0.335 e. The second-order valence-corrected chi connectivity index (χ2v) is 9.36. The second kappa shape index (κ2) is 12.7. The Bertz CT molecular complexity index is 1410. The number of carbonyl (C=O) groups is 3. The summed E-state index contributed by atoms with van der Waals surface area (Å²) in [4.78, 5) is 39.1. The Labute approximate surface area is 238 Å². The highest BCUT2D eigenvalue weighted by molar-refractivity contribution is 9.10. The molecule has 1 saturated heterocycles. The Morgan fingerprint density at radius 1 is 0.923 bits per heavy atom. The number of rotatable bonds is 10. The van der Waals surface area contributed by atoms with Crippen LogP contribution in [0.15, 0.2) is 70.7 Å². The molecule has 11 heteroatoms. The maximum absolute atomic E-state index is 13.2. The van der Waals surface area contributed by atoms with Gasteiger partial charge in [0.2, 0.25) is 0 Å². The Hall–Kier alpha value is -4.02. The van der Waals surface area contributed by atoms with E-state index < -0.39 is 17.8 Å². The third kappa shape index (κ3) is 6.71. The van der Waals surface area contributed by atoms with Gasteiger partial charge in [-0.3, -0.25) is 14.9 Å². The number of barbiturate groups is 1. The summed E-state index contributed by atoms with van der Waals surface area (Å²) in [6, 6.07) is 15.8. The van der Waals surface area contributed by atoms with Crippen LogP contribution >= 0.6 is 27.5 Å². The van der Waals surface area contributed by atoms with E-state index in [-0.39, 0.29) is 24.5 Å². The summed E-state index contributed by atoms with van der Waals surface area (Å²) < 4.78 is 23.1. The van der Waals surface area contributed by atoms with Crippen LogP contribution in [0.1, 0.15) is 12.5 Å². The lowest BCUT2D eigenvalue weighted by Gasteiger charge is -2.26. The molecule has 3 aromatic rings. The van der Waals surface area contributed by atoms with E-state index in [4.69, 9.17) is 30.5 Å². The van der Waals surface area contributed by atoms with Gasteiger partial charge >= 0.3 is 6.03 Å². The van der Waals surface area contributed by atoms with Crippen LogP contribution in [-0.4, -0.2) is 44.8 Å². The van der Waals surface area contributed by atoms with Crippen molar-refractivity contribution in [2.24, 2.45) is 0 Å². The highest BCUT2D eigenvalue weighted by Crippen LogP contribution is 2.38. The molecule has 202 valence electrons. The highest BCUT2D eigenvalue weighted by Gasteiger charge is 2.36. The SMILES string of the molecule is CCOc1cc(C=C2C(=O)NC(=O)N(c3ccc(Cl)cc3)C2=O)cc(Br)c1OCCOc1ccc(OC)cc1. The normalized spacial score (nSPS) is 14.3. The molecule has 0 unspecified atom stereocenters. The fraction of sp³-hybridized carbons (Fsp3) is 0.179. The Kier molecular flexibility index (Phi) is 9.11. The van der Waals surface area contributed by atoms with E-state index in [1.807, 2.05) is 6.92 Å². The molecule has 0 saturated carbocycles. The van der Waals surface area contributed by atoms with Gasteiger partial charge < -0.3 is 18.9 Å². The number of methoxy groups -OCH3 is 1. The Morgan fingerprint density at radius 2 is 1.59 bits per heavy atom. The van der Waals surface area contributed by atoms with Crippen molar-refractivity contribution < 1.29 is 33.3 Å². The number of ether oxygens (including phenoxy) is 4. The summed E-state index contributed by atoms with van der Waals surface area (Å²) in [6.07, 6.45) is 1.39. The minimum absolute atomic E-state index is 0.222. The number of benzene rings is 3. The molecular formula is C28H24BrClN2O7. The highest BCUT2D eigenvalue weighted by atomic mass is 79.9. The quantitative estimate of drug-likeness (QED) is 0.179. The van der Waals surface area contributed by atoms with Gasteiger partial charge in [0, 0.05) is 5.02 Å². The summed E-state index contributed by atoms with van der Waals surface area (Å²) in [5, 5.41) is 2.64. The van der Waals surface area contributed by atoms with Gasteiger partial charge in [0.05, 0.1) is 23.9 Å². The lowest BCUT2D eigenvalue weighted by atomic mass is 10.1. The summed E-state index contributed by atoms with van der Waals surface area (Å²) in [5.74, 6) is 0.673.